The lowest BCUT2D eigenvalue weighted by Crippen LogP contribution is -2.02. The van der Waals surface area contributed by atoms with Gasteiger partial charge in [-0.15, -0.1) is 0 Å². The quantitative estimate of drug-likeness (QED) is 0.878. The highest BCUT2D eigenvalue weighted by Crippen LogP contribution is 2.18. The van der Waals surface area contributed by atoms with Crippen LogP contribution in [0.25, 0.3) is 0 Å². The summed E-state index contributed by atoms with van der Waals surface area (Å²) >= 11 is 0. The molecule has 2 rings (SSSR count). The Kier molecular flexibility index (Phi) is 3.41. The SMILES string of the molecule is Oc1cc(F)cc(CNc2ccc(F)cc2F)c1. The van der Waals surface area contributed by atoms with E-state index in [4.69, 9.17) is 0 Å². The van der Waals surface area contributed by atoms with Gasteiger partial charge in [-0.1, -0.05) is 0 Å². The van der Waals surface area contributed by atoms with Crippen LogP contribution in [0.5, 0.6) is 5.75 Å². The zero-order valence-electron chi connectivity index (χ0n) is 9.25. The minimum absolute atomic E-state index is 0.111. The van der Waals surface area contributed by atoms with Gasteiger partial charge in [-0.05, 0) is 29.8 Å². The van der Waals surface area contributed by atoms with Crippen molar-refractivity contribution in [3.8, 4) is 5.75 Å². The molecular weight excluding hydrogens is 243 g/mol. The molecule has 0 aliphatic heterocycles. The molecule has 0 unspecified atom stereocenters. The maximum absolute atomic E-state index is 13.3. The minimum atomic E-state index is -0.726. The van der Waals surface area contributed by atoms with E-state index in [1.807, 2.05) is 0 Å². The van der Waals surface area contributed by atoms with Crippen LogP contribution < -0.4 is 5.32 Å². The van der Waals surface area contributed by atoms with Crippen LogP contribution in [0.15, 0.2) is 36.4 Å². The second-order valence-corrected chi connectivity index (χ2v) is 3.80. The fourth-order valence-corrected chi connectivity index (χ4v) is 1.57. The zero-order valence-corrected chi connectivity index (χ0v) is 9.25. The number of halogens is 3. The van der Waals surface area contributed by atoms with Gasteiger partial charge in [0.15, 0.2) is 0 Å². The Bertz CT molecular complexity index is 552. The van der Waals surface area contributed by atoms with Gasteiger partial charge in [0.2, 0.25) is 0 Å². The van der Waals surface area contributed by atoms with Gasteiger partial charge in [-0.25, -0.2) is 13.2 Å². The van der Waals surface area contributed by atoms with Crippen LogP contribution in [0.2, 0.25) is 0 Å². The summed E-state index contributed by atoms with van der Waals surface area (Å²) < 4.78 is 38.9. The minimum Gasteiger partial charge on any atom is -0.508 e. The van der Waals surface area contributed by atoms with E-state index in [1.165, 1.54) is 18.2 Å². The number of phenolic OH excluding ortho intramolecular Hbond substituents is 1. The van der Waals surface area contributed by atoms with Gasteiger partial charge in [-0.2, -0.15) is 0 Å². The molecule has 0 radical (unpaired) electrons. The third-order valence-corrected chi connectivity index (χ3v) is 2.36. The predicted octanol–water partition coefficient (Wildman–Crippen LogP) is 3.42. The average molecular weight is 253 g/mol. The molecule has 5 heteroatoms. The molecule has 0 bridgehead atoms. The van der Waals surface area contributed by atoms with Crippen molar-refractivity contribution in [1.29, 1.82) is 0 Å². The predicted molar refractivity (Wildman–Crippen MR) is 61.7 cm³/mol. The molecule has 2 nitrogen and oxygen atoms in total. The number of phenols is 1. The van der Waals surface area contributed by atoms with Crippen LogP contribution in [-0.4, -0.2) is 5.11 Å². The van der Waals surface area contributed by atoms with Gasteiger partial charge >= 0.3 is 0 Å². The van der Waals surface area contributed by atoms with Crippen LogP contribution in [0.1, 0.15) is 5.56 Å². The molecule has 94 valence electrons. The van der Waals surface area contributed by atoms with Gasteiger partial charge in [0.05, 0.1) is 5.69 Å². The molecule has 2 aromatic carbocycles. The highest BCUT2D eigenvalue weighted by Gasteiger charge is 2.04. The third-order valence-electron chi connectivity index (χ3n) is 2.36. The Labute approximate surface area is 102 Å². The number of nitrogens with one attached hydrogen (secondary N) is 1. The third kappa shape index (κ3) is 2.94. The van der Waals surface area contributed by atoms with Crippen LogP contribution in [0.4, 0.5) is 18.9 Å². The van der Waals surface area contributed by atoms with Crippen molar-refractivity contribution in [3.05, 3.63) is 59.4 Å². The Balaban J connectivity index is 2.11. The van der Waals surface area contributed by atoms with E-state index in [-0.39, 0.29) is 18.0 Å². The monoisotopic (exact) mass is 253 g/mol. The largest absolute Gasteiger partial charge is 0.508 e. The molecule has 0 fully saturated rings. The standard InChI is InChI=1S/C13H10F3NO/c14-9-1-2-13(12(16)6-9)17-7-8-3-10(15)5-11(18)4-8/h1-6,17-18H,7H2. The second kappa shape index (κ2) is 5.00. The smallest absolute Gasteiger partial charge is 0.149 e. The van der Waals surface area contributed by atoms with Gasteiger partial charge in [0, 0.05) is 18.7 Å². The van der Waals surface area contributed by atoms with E-state index >= 15 is 0 Å². The Morgan fingerprint density at radius 1 is 0.944 bits per heavy atom. The van der Waals surface area contributed by atoms with Crippen molar-refractivity contribution in [3.63, 3.8) is 0 Å². The summed E-state index contributed by atoms with van der Waals surface area (Å²) in [6.45, 7) is 0.119. The first-order valence-corrected chi connectivity index (χ1v) is 5.22. The lowest BCUT2D eigenvalue weighted by Gasteiger charge is -2.08. The molecular formula is C13H10F3NO. The summed E-state index contributed by atoms with van der Waals surface area (Å²) in [5.74, 6) is -2.17. The Morgan fingerprint density at radius 3 is 2.39 bits per heavy atom. The summed E-state index contributed by atoms with van der Waals surface area (Å²) in [6, 6.07) is 6.68. The summed E-state index contributed by atoms with van der Waals surface area (Å²) in [5.41, 5.74) is 0.566. The van der Waals surface area contributed by atoms with Gasteiger partial charge in [0.1, 0.15) is 23.2 Å². The lowest BCUT2D eigenvalue weighted by molar-refractivity contribution is 0.468. The van der Waals surface area contributed by atoms with Crippen LogP contribution in [0.3, 0.4) is 0 Å². The van der Waals surface area contributed by atoms with Crippen LogP contribution >= 0.6 is 0 Å². The zero-order chi connectivity index (χ0) is 13.1. The Hall–Kier alpha value is -2.17. The van der Waals surface area contributed by atoms with Crippen molar-refractivity contribution in [2.24, 2.45) is 0 Å². The van der Waals surface area contributed by atoms with Crippen LogP contribution in [0, 0.1) is 17.5 Å². The van der Waals surface area contributed by atoms with Gasteiger partial charge < -0.3 is 10.4 Å². The first kappa shape index (κ1) is 12.3. The molecule has 2 N–H and O–H groups in total. The van der Waals surface area contributed by atoms with Gasteiger partial charge in [0.25, 0.3) is 0 Å². The maximum Gasteiger partial charge on any atom is 0.149 e. The van der Waals surface area contributed by atoms with E-state index in [0.29, 0.717) is 5.56 Å². The van der Waals surface area contributed by atoms with E-state index in [9.17, 15) is 18.3 Å². The fourth-order valence-electron chi connectivity index (χ4n) is 1.57. The molecule has 0 saturated heterocycles. The maximum atomic E-state index is 13.3. The highest BCUT2D eigenvalue weighted by atomic mass is 19.1. The van der Waals surface area contributed by atoms with Crippen LogP contribution in [-0.2, 0) is 6.54 Å². The molecule has 0 aliphatic rings. The molecule has 0 aliphatic carbocycles. The van der Waals surface area contributed by atoms with Crippen molar-refractivity contribution in [2.45, 2.75) is 6.54 Å². The summed E-state index contributed by atoms with van der Waals surface area (Å²) in [7, 11) is 0. The molecule has 0 amide bonds. The van der Waals surface area contributed by atoms with Crippen molar-refractivity contribution in [2.75, 3.05) is 5.32 Å². The topological polar surface area (TPSA) is 32.3 Å². The van der Waals surface area contributed by atoms with Crippen molar-refractivity contribution in [1.82, 2.24) is 0 Å². The van der Waals surface area contributed by atoms with Gasteiger partial charge in [-0.3, -0.25) is 0 Å². The molecule has 18 heavy (non-hydrogen) atoms. The van der Waals surface area contributed by atoms with E-state index in [2.05, 4.69) is 5.32 Å². The lowest BCUT2D eigenvalue weighted by atomic mass is 10.2. The number of anilines is 1. The number of rotatable bonds is 3. The summed E-state index contributed by atoms with van der Waals surface area (Å²) in [5, 5.41) is 11.9. The molecule has 0 saturated carbocycles. The van der Waals surface area contributed by atoms with Crippen molar-refractivity contribution >= 4 is 5.69 Å². The molecule has 2 aromatic rings. The first-order chi connectivity index (χ1) is 8.54. The Morgan fingerprint density at radius 2 is 1.72 bits per heavy atom. The van der Waals surface area contributed by atoms with E-state index in [0.717, 1.165) is 18.2 Å². The molecule has 0 spiro atoms. The summed E-state index contributed by atoms with van der Waals surface area (Å²) in [6.07, 6.45) is 0. The molecule has 0 heterocycles. The number of benzene rings is 2. The number of hydrogen-bond acceptors (Lipinski definition) is 2. The fraction of sp³-hybridized carbons (Fsp3) is 0.0769. The average Bonchev–Trinajstić information content (AvgIpc) is 2.26. The highest BCUT2D eigenvalue weighted by molar-refractivity contribution is 5.45. The molecule has 0 atom stereocenters. The second-order valence-electron chi connectivity index (χ2n) is 3.80. The first-order valence-electron chi connectivity index (χ1n) is 5.22. The normalized spacial score (nSPS) is 10.4. The van der Waals surface area contributed by atoms with Crippen molar-refractivity contribution < 1.29 is 18.3 Å². The van der Waals surface area contributed by atoms with E-state index in [1.54, 1.807) is 0 Å². The molecule has 0 aromatic heterocycles. The van der Waals surface area contributed by atoms with E-state index < -0.39 is 17.5 Å². The summed E-state index contributed by atoms with van der Waals surface area (Å²) in [4.78, 5) is 0. The number of aromatic hydroxyl groups is 1. The number of hydrogen-bond donors (Lipinski definition) is 2.